The highest BCUT2D eigenvalue weighted by atomic mass is 19.1. The van der Waals surface area contributed by atoms with Crippen molar-refractivity contribution in [2.75, 3.05) is 12.3 Å². The second kappa shape index (κ2) is 6.41. The zero-order valence-electron chi connectivity index (χ0n) is 13.5. The summed E-state index contributed by atoms with van der Waals surface area (Å²) in [5, 5.41) is 9.42. The SMILES string of the molecule is CC(C)C(=O)O[C@H]1[C@@H](F)[C@H](n2cnc3c(=O)[nH]c(N)nc32)O[C@@H]1CO. The molecule has 0 bridgehead atoms. The number of aromatic amines is 1. The highest BCUT2D eigenvalue weighted by Crippen LogP contribution is 2.35. The lowest BCUT2D eigenvalue weighted by Gasteiger charge is -2.19. The van der Waals surface area contributed by atoms with E-state index in [-0.39, 0.29) is 17.1 Å². The van der Waals surface area contributed by atoms with Crippen molar-refractivity contribution in [3.8, 4) is 0 Å². The van der Waals surface area contributed by atoms with Gasteiger partial charge in [0.1, 0.15) is 6.10 Å². The van der Waals surface area contributed by atoms with Crippen molar-refractivity contribution in [2.24, 2.45) is 5.92 Å². The maximum atomic E-state index is 14.9. The fourth-order valence-corrected chi connectivity index (χ4v) is 2.61. The Balaban J connectivity index is 1.96. The summed E-state index contributed by atoms with van der Waals surface area (Å²) in [6.45, 7) is 2.67. The van der Waals surface area contributed by atoms with Gasteiger partial charge in [0, 0.05) is 0 Å². The van der Waals surface area contributed by atoms with Crippen LogP contribution in [0.2, 0.25) is 0 Å². The molecule has 4 N–H and O–H groups in total. The number of hydrogen-bond acceptors (Lipinski definition) is 8. The van der Waals surface area contributed by atoms with E-state index in [9.17, 15) is 19.1 Å². The lowest BCUT2D eigenvalue weighted by molar-refractivity contribution is -0.158. The van der Waals surface area contributed by atoms with E-state index >= 15 is 0 Å². The van der Waals surface area contributed by atoms with E-state index in [0.717, 1.165) is 0 Å². The van der Waals surface area contributed by atoms with Crippen molar-refractivity contribution in [2.45, 2.75) is 38.5 Å². The zero-order chi connectivity index (χ0) is 18.3. The molecule has 1 saturated heterocycles. The number of aliphatic hydroxyl groups excluding tert-OH is 1. The molecule has 1 aliphatic rings. The van der Waals surface area contributed by atoms with Crippen molar-refractivity contribution in [1.82, 2.24) is 19.5 Å². The van der Waals surface area contributed by atoms with Crippen LogP contribution in [0.1, 0.15) is 20.1 Å². The van der Waals surface area contributed by atoms with Crippen LogP contribution in [0.3, 0.4) is 0 Å². The first-order valence-corrected chi connectivity index (χ1v) is 7.66. The van der Waals surface area contributed by atoms with Gasteiger partial charge in [-0.05, 0) is 0 Å². The van der Waals surface area contributed by atoms with Crippen LogP contribution in [0.5, 0.6) is 0 Å². The summed E-state index contributed by atoms with van der Waals surface area (Å²) >= 11 is 0. The van der Waals surface area contributed by atoms with E-state index in [1.54, 1.807) is 13.8 Å². The lowest BCUT2D eigenvalue weighted by atomic mass is 10.1. The smallest absolute Gasteiger partial charge is 0.308 e. The number of halogens is 1. The van der Waals surface area contributed by atoms with Crippen LogP contribution in [-0.4, -0.2) is 55.6 Å². The van der Waals surface area contributed by atoms with Gasteiger partial charge in [0.2, 0.25) is 5.95 Å². The van der Waals surface area contributed by atoms with Crippen molar-refractivity contribution in [1.29, 1.82) is 0 Å². The van der Waals surface area contributed by atoms with E-state index in [0.29, 0.717) is 0 Å². The molecule has 0 aliphatic carbocycles. The normalized spacial score (nSPS) is 26.4. The highest BCUT2D eigenvalue weighted by Gasteiger charge is 2.49. The third-order valence-corrected chi connectivity index (χ3v) is 3.90. The van der Waals surface area contributed by atoms with Gasteiger partial charge >= 0.3 is 5.97 Å². The number of carbonyl (C=O) groups is 1. The van der Waals surface area contributed by atoms with Crippen LogP contribution < -0.4 is 11.3 Å². The predicted octanol–water partition coefficient (Wildman–Crippen LogP) is -0.503. The molecule has 25 heavy (non-hydrogen) atoms. The fourth-order valence-electron chi connectivity index (χ4n) is 2.61. The fraction of sp³-hybridized carbons (Fsp3) is 0.571. The number of nitrogen functional groups attached to an aromatic ring is 1. The number of H-pyrrole nitrogens is 1. The third kappa shape index (κ3) is 2.96. The quantitative estimate of drug-likeness (QED) is 0.622. The van der Waals surface area contributed by atoms with Crippen molar-refractivity contribution in [3.05, 3.63) is 16.7 Å². The first kappa shape index (κ1) is 17.3. The first-order chi connectivity index (χ1) is 11.8. The number of nitrogens with two attached hydrogens (primary N) is 1. The Morgan fingerprint density at radius 3 is 2.96 bits per heavy atom. The van der Waals surface area contributed by atoms with E-state index in [1.807, 2.05) is 0 Å². The number of nitrogens with zero attached hydrogens (tertiary/aromatic N) is 3. The number of hydrogen-bond donors (Lipinski definition) is 3. The predicted molar refractivity (Wildman–Crippen MR) is 83.2 cm³/mol. The number of carbonyl (C=O) groups excluding carboxylic acids is 1. The van der Waals surface area contributed by atoms with Gasteiger partial charge in [-0.2, -0.15) is 4.98 Å². The third-order valence-electron chi connectivity index (χ3n) is 3.90. The number of anilines is 1. The molecule has 10 nitrogen and oxygen atoms in total. The number of fused-ring (bicyclic) bond motifs is 1. The highest BCUT2D eigenvalue weighted by molar-refractivity contribution is 5.72. The molecule has 0 spiro atoms. The number of rotatable bonds is 4. The molecule has 2 aromatic heterocycles. The molecule has 2 aromatic rings. The van der Waals surface area contributed by atoms with E-state index < -0.39 is 48.7 Å². The van der Waals surface area contributed by atoms with Crippen LogP contribution in [0, 0.1) is 5.92 Å². The Labute approximate surface area is 140 Å². The second-order valence-corrected chi connectivity index (χ2v) is 6.02. The number of imidazole rings is 1. The minimum absolute atomic E-state index is 0.0291. The maximum absolute atomic E-state index is 14.9. The average Bonchev–Trinajstić information content (AvgIpc) is 3.09. The molecule has 1 aliphatic heterocycles. The number of aliphatic hydroxyl groups is 1. The summed E-state index contributed by atoms with van der Waals surface area (Å²) in [6, 6.07) is 0. The Bertz CT molecular complexity index is 850. The number of aromatic nitrogens is 4. The summed E-state index contributed by atoms with van der Waals surface area (Å²) in [5.41, 5.74) is 4.94. The summed E-state index contributed by atoms with van der Waals surface area (Å²) in [6.07, 6.45) is -4.23. The summed E-state index contributed by atoms with van der Waals surface area (Å²) in [7, 11) is 0. The molecule has 3 rings (SSSR count). The molecular formula is C14H18FN5O5. The number of ether oxygens (including phenoxy) is 2. The Morgan fingerprint density at radius 2 is 2.32 bits per heavy atom. The van der Waals surface area contributed by atoms with Crippen LogP contribution in [-0.2, 0) is 14.3 Å². The maximum Gasteiger partial charge on any atom is 0.308 e. The van der Waals surface area contributed by atoms with Crippen molar-refractivity contribution >= 4 is 23.1 Å². The van der Waals surface area contributed by atoms with Crippen LogP contribution >= 0.6 is 0 Å². The molecule has 136 valence electrons. The van der Waals surface area contributed by atoms with Crippen molar-refractivity contribution < 1.29 is 23.8 Å². The minimum atomic E-state index is -1.79. The van der Waals surface area contributed by atoms with Crippen LogP contribution in [0.4, 0.5) is 10.3 Å². The van der Waals surface area contributed by atoms with Gasteiger partial charge in [0.15, 0.2) is 29.7 Å². The Hall–Kier alpha value is -2.53. The van der Waals surface area contributed by atoms with Gasteiger partial charge in [0.25, 0.3) is 5.56 Å². The zero-order valence-corrected chi connectivity index (χ0v) is 13.5. The second-order valence-electron chi connectivity index (χ2n) is 6.02. The average molecular weight is 355 g/mol. The van der Waals surface area contributed by atoms with Gasteiger partial charge < -0.3 is 20.3 Å². The first-order valence-electron chi connectivity index (χ1n) is 7.66. The molecule has 3 heterocycles. The van der Waals surface area contributed by atoms with E-state index in [2.05, 4.69) is 15.0 Å². The summed E-state index contributed by atoms with van der Waals surface area (Å²) < 4.78 is 26.7. The Kier molecular flexibility index (Phi) is 4.43. The van der Waals surface area contributed by atoms with Gasteiger partial charge in [-0.15, -0.1) is 0 Å². The summed E-state index contributed by atoms with van der Waals surface area (Å²) in [4.78, 5) is 33.7. The van der Waals surface area contributed by atoms with Crippen molar-refractivity contribution in [3.63, 3.8) is 0 Å². The molecule has 0 unspecified atom stereocenters. The molecule has 0 saturated carbocycles. The molecular weight excluding hydrogens is 337 g/mol. The number of nitrogens with one attached hydrogen (secondary N) is 1. The molecule has 4 atom stereocenters. The number of esters is 1. The standard InChI is InChI=1S/C14H18FN5O5/c1-5(2)13(23)25-9-6(3-21)24-12(7(9)15)20-4-17-8-10(20)18-14(16)19-11(8)22/h4-7,9,12,21H,3H2,1-2H3,(H3,16,18,19,22)/t6-,7-,9-,12-/m1/s1. The van der Waals surface area contributed by atoms with Gasteiger partial charge in [-0.25, -0.2) is 9.37 Å². The van der Waals surface area contributed by atoms with E-state index in [4.69, 9.17) is 15.2 Å². The molecule has 0 amide bonds. The topological polar surface area (TPSA) is 145 Å². The summed E-state index contributed by atoms with van der Waals surface area (Å²) in [5.74, 6) is -1.22. The molecule has 0 radical (unpaired) electrons. The molecule has 1 fully saturated rings. The van der Waals surface area contributed by atoms with Gasteiger partial charge in [-0.1, -0.05) is 13.8 Å². The van der Waals surface area contributed by atoms with E-state index in [1.165, 1.54) is 10.9 Å². The number of alkyl halides is 1. The lowest BCUT2D eigenvalue weighted by Crippen LogP contribution is -2.36. The van der Waals surface area contributed by atoms with Gasteiger partial charge in [-0.3, -0.25) is 19.1 Å². The Morgan fingerprint density at radius 1 is 1.60 bits per heavy atom. The molecule has 11 heteroatoms. The monoisotopic (exact) mass is 355 g/mol. The van der Waals surface area contributed by atoms with Gasteiger partial charge in [0.05, 0.1) is 18.9 Å². The van der Waals surface area contributed by atoms with Crippen LogP contribution in [0.15, 0.2) is 11.1 Å². The molecule has 0 aromatic carbocycles. The van der Waals surface area contributed by atoms with Crippen LogP contribution in [0.25, 0.3) is 11.2 Å². The minimum Gasteiger partial charge on any atom is -0.456 e. The largest absolute Gasteiger partial charge is 0.456 e.